The topological polar surface area (TPSA) is 50.2 Å². The van der Waals surface area contributed by atoms with E-state index in [1.807, 2.05) is 21.8 Å². The van der Waals surface area contributed by atoms with Gasteiger partial charge in [-0.15, -0.1) is 0 Å². The maximum atomic E-state index is 13.7. The van der Waals surface area contributed by atoms with Gasteiger partial charge in [0.25, 0.3) is 0 Å². The van der Waals surface area contributed by atoms with Crippen LogP contribution in [-0.2, 0) is 16.5 Å². The Hall–Kier alpha value is -2.35. The zero-order valence-corrected chi connectivity index (χ0v) is 21.4. The molecule has 1 saturated carbocycles. The van der Waals surface area contributed by atoms with Gasteiger partial charge in [-0.2, -0.15) is 18.3 Å². The molecule has 1 aromatic heterocycles. The predicted molar refractivity (Wildman–Crippen MR) is 132 cm³/mol. The van der Waals surface area contributed by atoms with Crippen molar-refractivity contribution < 1.29 is 18.0 Å². The quantitative estimate of drug-likeness (QED) is 0.558. The Labute approximate surface area is 211 Å². The monoisotopic (exact) mass is 502 g/mol. The van der Waals surface area contributed by atoms with Crippen molar-refractivity contribution in [3.8, 4) is 0 Å². The molecule has 8 heteroatoms. The molecular weight excluding hydrogens is 465 g/mol. The number of carbonyl (C=O) groups is 1. The van der Waals surface area contributed by atoms with Gasteiger partial charge >= 0.3 is 6.18 Å². The number of nitrogens with one attached hydrogen (secondary N) is 1. The zero-order chi connectivity index (χ0) is 25.7. The Morgan fingerprint density at radius 3 is 2.50 bits per heavy atom. The second kappa shape index (κ2) is 9.19. The van der Waals surface area contributed by atoms with Crippen molar-refractivity contribution in [1.82, 2.24) is 20.0 Å². The molecule has 196 valence electrons. The molecule has 36 heavy (non-hydrogen) atoms. The summed E-state index contributed by atoms with van der Waals surface area (Å²) in [5, 5.41) is 8.24. The fraction of sp³-hybridized carbons (Fsp3) is 0.643. The van der Waals surface area contributed by atoms with Gasteiger partial charge in [-0.05, 0) is 75.6 Å². The Kier molecular flexibility index (Phi) is 6.46. The van der Waals surface area contributed by atoms with Crippen LogP contribution in [0.25, 0.3) is 0 Å². The fourth-order valence-electron chi connectivity index (χ4n) is 6.45. The Balaban J connectivity index is 1.42. The third kappa shape index (κ3) is 4.93. The van der Waals surface area contributed by atoms with E-state index in [0.717, 1.165) is 31.3 Å². The first-order valence-electron chi connectivity index (χ1n) is 13.2. The van der Waals surface area contributed by atoms with Crippen LogP contribution in [0.1, 0.15) is 94.5 Å². The first-order chi connectivity index (χ1) is 17.0. The van der Waals surface area contributed by atoms with Crippen molar-refractivity contribution in [2.75, 3.05) is 13.1 Å². The first kappa shape index (κ1) is 25.3. The summed E-state index contributed by atoms with van der Waals surface area (Å²) >= 11 is 0. The Morgan fingerprint density at radius 2 is 1.83 bits per heavy atom. The van der Waals surface area contributed by atoms with Gasteiger partial charge in [-0.3, -0.25) is 14.8 Å². The fourth-order valence-corrected chi connectivity index (χ4v) is 6.45. The lowest BCUT2D eigenvalue weighted by Gasteiger charge is -2.33. The molecule has 5 nitrogen and oxygen atoms in total. The molecule has 3 atom stereocenters. The lowest BCUT2D eigenvalue weighted by atomic mass is 9.73. The number of amides is 1. The number of rotatable bonds is 3. The van der Waals surface area contributed by atoms with Crippen LogP contribution >= 0.6 is 0 Å². The molecule has 1 amide bonds. The van der Waals surface area contributed by atoms with E-state index >= 15 is 0 Å². The minimum absolute atomic E-state index is 0.0761. The number of carbonyl (C=O) groups excluding carboxylic acids is 1. The molecule has 1 spiro atoms. The minimum atomic E-state index is -4.42. The molecule has 3 fully saturated rings. The van der Waals surface area contributed by atoms with Gasteiger partial charge in [0.15, 0.2) is 0 Å². The van der Waals surface area contributed by atoms with E-state index in [0.29, 0.717) is 12.0 Å². The van der Waals surface area contributed by atoms with Gasteiger partial charge in [-0.25, -0.2) is 0 Å². The van der Waals surface area contributed by atoms with E-state index in [1.165, 1.54) is 44.2 Å². The molecule has 1 N–H and O–H groups in total. The highest BCUT2D eigenvalue weighted by Crippen LogP contribution is 2.46. The van der Waals surface area contributed by atoms with Crippen LogP contribution in [0, 0.1) is 5.41 Å². The third-order valence-corrected chi connectivity index (χ3v) is 8.49. The highest BCUT2D eigenvalue weighted by atomic mass is 19.4. The number of likely N-dealkylation sites (tertiary alicyclic amines) is 1. The van der Waals surface area contributed by atoms with Crippen LogP contribution in [-0.4, -0.2) is 39.7 Å². The number of aromatic nitrogens is 2. The number of nitrogens with zero attached hydrogens (tertiary/aromatic N) is 3. The van der Waals surface area contributed by atoms with Crippen molar-refractivity contribution in [2.45, 2.75) is 95.4 Å². The lowest BCUT2D eigenvalue weighted by Crippen LogP contribution is -2.44. The van der Waals surface area contributed by atoms with E-state index in [2.05, 4.69) is 26.1 Å². The Bertz CT molecular complexity index is 1100. The summed E-state index contributed by atoms with van der Waals surface area (Å²) in [6.07, 6.45) is 5.20. The summed E-state index contributed by atoms with van der Waals surface area (Å²) in [5.41, 5.74) is 0.725. The van der Waals surface area contributed by atoms with Gasteiger partial charge < -0.3 is 4.90 Å². The van der Waals surface area contributed by atoms with E-state index in [4.69, 9.17) is 5.10 Å². The van der Waals surface area contributed by atoms with Gasteiger partial charge in [-0.1, -0.05) is 31.4 Å². The van der Waals surface area contributed by atoms with Gasteiger partial charge in [0.05, 0.1) is 22.8 Å². The van der Waals surface area contributed by atoms with Crippen LogP contribution in [0.4, 0.5) is 13.2 Å². The average molecular weight is 503 g/mol. The van der Waals surface area contributed by atoms with Gasteiger partial charge in [0, 0.05) is 31.2 Å². The van der Waals surface area contributed by atoms with E-state index in [9.17, 15) is 18.0 Å². The smallest absolute Gasteiger partial charge is 0.341 e. The predicted octanol–water partition coefficient (Wildman–Crippen LogP) is 6.03. The number of hydrogen-bond acceptors (Lipinski definition) is 3. The lowest BCUT2D eigenvalue weighted by molar-refractivity contribution is -0.137. The molecule has 1 aromatic carbocycles. The average Bonchev–Trinajstić information content (AvgIpc) is 3.57. The standard InChI is InChI=1S/C28H37F3N4O/c1-26(2,3)35-14-10-22(33-35)21-17-23(25(36)34-15-13-27(18-34)11-5-4-6-12-27)32-24(21)19-8-7-9-20(16-19)28(29,30)31/h7-10,14,16,21,23-24,32H,4-6,11-13,15,17-18H2,1-3H3/t21-,23+,24+/m1/s1. The van der Waals surface area contributed by atoms with Crippen LogP contribution in [0.3, 0.4) is 0 Å². The van der Waals surface area contributed by atoms with E-state index in [-0.39, 0.29) is 22.8 Å². The van der Waals surface area contributed by atoms with Crippen LogP contribution in [0.2, 0.25) is 0 Å². The second-order valence-corrected chi connectivity index (χ2v) is 12.1. The maximum Gasteiger partial charge on any atom is 0.416 e. The first-order valence-corrected chi connectivity index (χ1v) is 13.2. The summed E-state index contributed by atoms with van der Waals surface area (Å²) in [4.78, 5) is 15.7. The molecule has 3 heterocycles. The van der Waals surface area contributed by atoms with Crippen LogP contribution < -0.4 is 5.32 Å². The summed E-state index contributed by atoms with van der Waals surface area (Å²) in [6.45, 7) is 7.75. The van der Waals surface area contributed by atoms with Gasteiger partial charge in [0.1, 0.15) is 0 Å². The molecule has 0 unspecified atom stereocenters. The molecule has 2 saturated heterocycles. The van der Waals surface area contributed by atoms with Crippen molar-refractivity contribution in [1.29, 1.82) is 0 Å². The molecule has 5 rings (SSSR count). The molecule has 0 bridgehead atoms. The highest BCUT2D eigenvalue weighted by molar-refractivity contribution is 5.83. The van der Waals surface area contributed by atoms with Crippen molar-refractivity contribution in [3.05, 3.63) is 53.3 Å². The maximum absolute atomic E-state index is 13.7. The largest absolute Gasteiger partial charge is 0.416 e. The van der Waals surface area contributed by atoms with Gasteiger partial charge in [0.2, 0.25) is 5.91 Å². The summed E-state index contributed by atoms with van der Waals surface area (Å²) < 4.78 is 42.4. The minimum Gasteiger partial charge on any atom is -0.341 e. The van der Waals surface area contributed by atoms with E-state index in [1.54, 1.807) is 6.07 Å². The molecule has 1 aliphatic carbocycles. The third-order valence-electron chi connectivity index (χ3n) is 8.49. The highest BCUT2D eigenvalue weighted by Gasteiger charge is 2.46. The molecule has 0 radical (unpaired) electrons. The summed E-state index contributed by atoms with van der Waals surface area (Å²) in [5.74, 6) is -0.121. The van der Waals surface area contributed by atoms with Crippen molar-refractivity contribution in [2.24, 2.45) is 5.41 Å². The number of alkyl halides is 3. The van der Waals surface area contributed by atoms with Crippen molar-refractivity contribution >= 4 is 5.91 Å². The van der Waals surface area contributed by atoms with Crippen molar-refractivity contribution in [3.63, 3.8) is 0 Å². The zero-order valence-electron chi connectivity index (χ0n) is 21.4. The number of hydrogen-bond donors (Lipinski definition) is 1. The van der Waals surface area contributed by atoms with Crippen LogP contribution in [0.15, 0.2) is 36.5 Å². The Morgan fingerprint density at radius 1 is 1.08 bits per heavy atom. The molecule has 2 aromatic rings. The molecule has 3 aliphatic rings. The SMILES string of the molecule is CC(C)(C)n1ccc([C@H]2C[C@@H](C(=O)N3CCC4(CCCCC4)C3)N[C@H]2c2cccc(C(F)(F)F)c2)n1. The molecule has 2 aliphatic heterocycles. The van der Waals surface area contributed by atoms with Crippen LogP contribution in [0.5, 0.6) is 0 Å². The number of benzene rings is 1. The summed E-state index contributed by atoms with van der Waals surface area (Å²) in [6, 6.07) is 6.57. The molecular formula is C28H37F3N4O. The second-order valence-electron chi connectivity index (χ2n) is 12.1. The number of halogens is 3. The van der Waals surface area contributed by atoms with E-state index < -0.39 is 23.8 Å². The normalized spacial score (nSPS) is 26.6. The summed E-state index contributed by atoms with van der Waals surface area (Å²) in [7, 11) is 0.